The van der Waals surface area contributed by atoms with Gasteiger partial charge in [0.1, 0.15) is 12.4 Å². The molecule has 1 heterocycles. The lowest BCUT2D eigenvalue weighted by molar-refractivity contribution is -0.140. The Balaban J connectivity index is 1.55. The Morgan fingerprint density at radius 3 is 2.10 bits per heavy atom. The van der Waals surface area contributed by atoms with E-state index in [1.807, 2.05) is 103 Å². The van der Waals surface area contributed by atoms with Crippen LogP contribution in [0.15, 0.2) is 103 Å². The fourth-order valence-corrected chi connectivity index (χ4v) is 3.91. The zero-order chi connectivity index (χ0) is 20.3. The van der Waals surface area contributed by atoms with Crippen molar-refractivity contribution in [2.24, 2.45) is 0 Å². The highest BCUT2D eigenvalue weighted by Crippen LogP contribution is 2.38. The third-order valence-electron chi connectivity index (χ3n) is 5.34. The van der Waals surface area contributed by atoms with Gasteiger partial charge < -0.3 is 9.47 Å². The molecule has 0 fully saturated rings. The molecule has 0 aliphatic carbocycles. The normalized spacial score (nSPS) is 12.8. The molecule has 1 aliphatic rings. The van der Waals surface area contributed by atoms with Gasteiger partial charge in [-0.05, 0) is 34.0 Å². The van der Waals surface area contributed by atoms with E-state index in [-0.39, 0.29) is 5.97 Å². The van der Waals surface area contributed by atoms with Gasteiger partial charge in [0.05, 0.1) is 5.57 Å². The van der Waals surface area contributed by atoms with Gasteiger partial charge in [-0.3, -0.25) is 0 Å². The molecule has 3 nitrogen and oxygen atoms in total. The van der Waals surface area contributed by atoms with Crippen LogP contribution in [0.25, 0.3) is 16.3 Å². The van der Waals surface area contributed by atoms with Gasteiger partial charge in [0.25, 0.3) is 0 Å². The fourth-order valence-electron chi connectivity index (χ4n) is 3.91. The predicted octanol–water partition coefficient (Wildman–Crippen LogP) is 5.95. The van der Waals surface area contributed by atoms with E-state index in [1.54, 1.807) is 0 Å². The smallest absolute Gasteiger partial charge is 0.339 e. The van der Waals surface area contributed by atoms with E-state index in [9.17, 15) is 4.79 Å². The molecule has 4 aromatic carbocycles. The minimum absolute atomic E-state index is 0.344. The Morgan fingerprint density at radius 1 is 0.767 bits per heavy atom. The van der Waals surface area contributed by atoms with Gasteiger partial charge in [-0.2, -0.15) is 0 Å². The number of ether oxygens (including phenoxy) is 2. The lowest BCUT2D eigenvalue weighted by Gasteiger charge is -2.23. The van der Waals surface area contributed by atoms with Crippen LogP contribution in [0.1, 0.15) is 22.8 Å². The Kier molecular flexibility index (Phi) is 4.78. The van der Waals surface area contributed by atoms with E-state index in [0.29, 0.717) is 17.9 Å². The first-order chi connectivity index (χ1) is 14.8. The van der Waals surface area contributed by atoms with Crippen molar-refractivity contribution in [2.75, 3.05) is 6.61 Å². The molecule has 0 N–H and O–H groups in total. The van der Waals surface area contributed by atoms with Crippen LogP contribution in [-0.4, -0.2) is 12.6 Å². The van der Waals surface area contributed by atoms with E-state index in [1.165, 1.54) is 0 Å². The third kappa shape index (κ3) is 3.35. The summed E-state index contributed by atoms with van der Waals surface area (Å²) in [6.45, 7) is 0.344. The predicted molar refractivity (Wildman–Crippen MR) is 118 cm³/mol. The molecule has 0 radical (unpaired) electrons. The highest BCUT2D eigenvalue weighted by Gasteiger charge is 2.27. The van der Waals surface area contributed by atoms with Crippen molar-refractivity contribution in [1.82, 2.24) is 0 Å². The van der Waals surface area contributed by atoms with E-state index < -0.39 is 6.10 Å². The molecule has 0 aromatic heterocycles. The van der Waals surface area contributed by atoms with Crippen LogP contribution in [-0.2, 0) is 9.53 Å². The lowest BCUT2D eigenvalue weighted by atomic mass is 9.95. The monoisotopic (exact) mass is 392 g/mol. The average molecular weight is 392 g/mol. The zero-order valence-corrected chi connectivity index (χ0v) is 16.3. The summed E-state index contributed by atoms with van der Waals surface area (Å²) in [6.07, 6.45) is 1.33. The number of hydrogen-bond acceptors (Lipinski definition) is 3. The van der Waals surface area contributed by atoms with Crippen LogP contribution in [0.5, 0.6) is 5.75 Å². The topological polar surface area (TPSA) is 35.5 Å². The zero-order valence-electron chi connectivity index (χ0n) is 16.3. The molecule has 0 saturated carbocycles. The summed E-state index contributed by atoms with van der Waals surface area (Å²) in [5.74, 6) is 0.354. The highest BCUT2D eigenvalue weighted by molar-refractivity contribution is 6.21. The second-order valence-electron chi connectivity index (χ2n) is 7.20. The largest absolute Gasteiger partial charge is 0.489 e. The Bertz CT molecular complexity index is 1190. The molecule has 0 atom stereocenters. The summed E-state index contributed by atoms with van der Waals surface area (Å²) in [4.78, 5) is 13.4. The molecular weight excluding hydrogens is 372 g/mol. The van der Waals surface area contributed by atoms with Gasteiger partial charge in [-0.15, -0.1) is 0 Å². The average Bonchev–Trinajstić information content (AvgIpc) is 2.83. The van der Waals surface area contributed by atoms with E-state index >= 15 is 0 Å². The van der Waals surface area contributed by atoms with Crippen LogP contribution >= 0.6 is 0 Å². The Morgan fingerprint density at radius 2 is 1.40 bits per heavy atom. The molecular formula is C27H20O3. The van der Waals surface area contributed by atoms with Gasteiger partial charge in [0.15, 0.2) is 6.10 Å². The molecule has 0 bridgehead atoms. The summed E-state index contributed by atoms with van der Waals surface area (Å²) >= 11 is 0. The van der Waals surface area contributed by atoms with Crippen molar-refractivity contribution in [3.8, 4) is 5.75 Å². The van der Waals surface area contributed by atoms with Gasteiger partial charge >= 0.3 is 5.97 Å². The first kappa shape index (κ1) is 18.2. The molecule has 5 rings (SSSR count). The van der Waals surface area contributed by atoms with Crippen LogP contribution in [0.2, 0.25) is 0 Å². The summed E-state index contributed by atoms with van der Waals surface area (Å²) in [7, 11) is 0. The van der Waals surface area contributed by atoms with Crippen molar-refractivity contribution in [3.63, 3.8) is 0 Å². The first-order valence-electron chi connectivity index (χ1n) is 9.97. The first-order valence-corrected chi connectivity index (χ1v) is 9.97. The summed E-state index contributed by atoms with van der Waals surface area (Å²) in [5, 5.41) is 2.04. The number of fused-ring (bicyclic) bond motifs is 3. The van der Waals surface area contributed by atoms with Crippen LogP contribution < -0.4 is 4.74 Å². The van der Waals surface area contributed by atoms with Crippen LogP contribution in [0.4, 0.5) is 0 Å². The standard InChI is InChI=1S/C27H20O3/c28-27(30-26(20-10-3-1-4-11-20)21-12-5-2-6-13-21)23-17-18-29-24-16-15-19-9-7-8-14-22(19)25(23)24/h1-17,26H,18H2. The number of esters is 1. The van der Waals surface area contributed by atoms with E-state index in [0.717, 1.165) is 27.5 Å². The van der Waals surface area contributed by atoms with Crippen molar-refractivity contribution in [1.29, 1.82) is 0 Å². The SMILES string of the molecule is O=C(OC(c1ccccc1)c1ccccc1)C1=CCOc2ccc3ccccc3c21. The third-order valence-corrected chi connectivity index (χ3v) is 5.34. The van der Waals surface area contributed by atoms with Gasteiger partial charge in [-0.25, -0.2) is 4.79 Å². The molecule has 0 saturated heterocycles. The molecule has 146 valence electrons. The van der Waals surface area contributed by atoms with E-state index in [4.69, 9.17) is 9.47 Å². The molecule has 30 heavy (non-hydrogen) atoms. The van der Waals surface area contributed by atoms with Gasteiger partial charge in [0, 0.05) is 5.56 Å². The summed E-state index contributed by atoms with van der Waals surface area (Å²) in [5.41, 5.74) is 3.21. The van der Waals surface area contributed by atoms with E-state index in [2.05, 4.69) is 0 Å². The second-order valence-corrected chi connectivity index (χ2v) is 7.20. The molecule has 0 amide bonds. The highest BCUT2D eigenvalue weighted by atomic mass is 16.5. The van der Waals surface area contributed by atoms with Gasteiger partial charge in [0.2, 0.25) is 0 Å². The fraction of sp³-hybridized carbons (Fsp3) is 0.0741. The molecule has 0 unspecified atom stereocenters. The maximum absolute atomic E-state index is 13.4. The van der Waals surface area contributed by atoms with Crippen LogP contribution in [0, 0.1) is 0 Å². The van der Waals surface area contributed by atoms with Crippen molar-refractivity contribution >= 4 is 22.3 Å². The van der Waals surface area contributed by atoms with Crippen molar-refractivity contribution in [2.45, 2.75) is 6.10 Å². The minimum Gasteiger partial charge on any atom is -0.489 e. The number of carbonyl (C=O) groups is 1. The van der Waals surface area contributed by atoms with Gasteiger partial charge in [-0.1, -0.05) is 91.0 Å². The number of hydrogen-bond donors (Lipinski definition) is 0. The second kappa shape index (κ2) is 7.88. The maximum Gasteiger partial charge on any atom is 0.339 e. The maximum atomic E-state index is 13.4. The van der Waals surface area contributed by atoms with Crippen LogP contribution in [0.3, 0.4) is 0 Å². The molecule has 3 heteroatoms. The molecule has 0 spiro atoms. The minimum atomic E-state index is -0.484. The molecule has 4 aromatic rings. The Hall–Kier alpha value is -3.85. The number of carbonyl (C=O) groups excluding carboxylic acids is 1. The lowest BCUT2D eigenvalue weighted by Crippen LogP contribution is -2.17. The Labute approximate surface area is 175 Å². The number of benzene rings is 4. The molecule has 1 aliphatic heterocycles. The van der Waals surface area contributed by atoms with Crippen molar-refractivity contribution < 1.29 is 14.3 Å². The summed E-state index contributed by atoms with van der Waals surface area (Å²) < 4.78 is 11.9. The number of rotatable bonds is 4. The van der Waals surface area contributed by atoms with Crippen molar-refractivity contribution in [3.05, 3.63) is 120 Å². The summed E-state index contributed by atoms with van der Waals surface area (Å²) in [6, 6.07) is 31.6. The quantitative estimate of drug-likeness (QED) is 0.403.